The molecule has 3 aliphatic heterocycles. The van der Waals surface area contributed by atoms with Crippen LogP contribution in [0.3, 0.4) is 0 Å². The van der Waals surface area contributed by atoms with Crippen LogP contribution in [0.5, 0.6) is 5.75 Å². The lowest BCUT2D eigenvalue weighted by Crippen LogP contribution is -2.44. The second kappa shape index (κ2) is 11.1. The van der Waals surface area contributed by atoms with E-state index in [0.717, 1.165) is 48.7 Å². The van der Waals surface area contributed by atoms with Crippen LogP contribution in [-0.2, 0) is 17.8 Å². The predicted octanol–water partition coefficient (Wildman–Crippen LogP) is 3.58. The summed E-state index contributed by atoms with van der Waals surface area (Å²) in [5.41, 5.74) is 2.26. The Morgan fingerprint density at radius 1 is 1.23 bits per heavy atom. The molecule has 2 aromatic rings. The minimum Gasteiger partial charge on any atom is -0.490 e. The third-order valence-corrected chi connectivity index (χ3v) is 7.83. The molecule has 3 aliphatic rings. The molecular formula is C25H29ClN4O4S. The molecule has 2 amide bonds. The summed E-state index contributed by atoms with van der Waals surface area (Å²) in [5, 5.41) is 3.59. The van der Waals surface area contributed by atoms with E-state index in [2.05, 4.69) is 15.2 Å². The van der Waals surface area contributed by atoms with Crippen LogP contribution < -0.4 is 10.1 Å². The summed E-state index contributed by atoms with van der Waals surface area (Å²) in [5.74, 6) is 2.67. The van der Waals surface area contributed by atoms with E-state index < -0.39 is 0 Å². The topological polar surface area (TPSA) is 84.0 Å². The second-order valence-electron chi connectivity index (χ2n) is 9.06. The molecule has 5 rings (SSSR count). The summed E-state index contributed by atoms with van der Waals surface area (Å²) in [6.45, 7) is 4.19. The second-order valence-corrected chi connectivity index (χ2v) is 10.7. The zero-order valence-electron chi connectivity index (χ0n) is 19.5. The molecule has 3 saturated heterocycles. The van der Waals surface area contributed by atoms with Gasteiger partial charge in [-0.2, -0.15) is 11.8 Å². The average molecular weight is 517 g/mol. The van der Waals surface area contributed by atoms with Gasteiger partial charge in [0.2, 0.25) is 0 Å². The Morgan fingerprint density at radius 3 is 2.83 bits per heavy atom. The Bertz CT molecular complexity index is 1060. The Labute approximate surface area is 214 Å². The molecule has 0 saturated carbocycles. The maximum Gasteiger partial charge on any atom is 0.410 e. The molecule has 0 radical (unpaired) electrons. The first-order valence-corrected chi connectivity index (χ1v) is 13.5. The highest BCUT2D eigenvalue weighted by atomic mass is 35.5. The van der Waals surface area contributed by atoms with Crippen molar-refractivity contribution in [3.8, 4) is 5.75 Å². The van der Waals surface area contributed by atoms with E-state index in [1.165, 1.54) is 0 Å². The lowest BCUT2D eigenvalue weighted by atomic mass is 10.0. The Morgan fingerprint density at radius 2 is 2.03 bits per heavy atom. The Balaban J connectivity index is 1.30. The minimum atomic E-state index is -0.254. The molecule has 3 fully saturated rings. The molecule has 0 unspecified atom stereocenters. The van der Waals surface area contributed by atoms with Gasteiger partial charge in [0.15, 0.2) is 0 Å². The number of halogens is 1. The maximum absolute atomic E-state index is 12.9. The van der Waals surface area contributed by atoms with Gasteiger partial charge in [0, 0.05) is 79.9 Å². The molecule has 186 valence electrons. The van der Waals surface area contributed by atoms with E-state index >= 15 is 0 Å². The fourth-order valence-electron chi connectivity index (χ4n) is 4.64. The number of carbonyl (C=O) groups is 2. The van der Waals surface area contributed by atoms with Crippen molar-refractivity contribution in [2.24, 2.45) is 0 Å². The summed E-state index contributed by atoms with van der Waals surface area (Å²) in [7, 11) is 0. The lowest BCUT2D eigenvalue weighted by molar-refractivity contribution is 0.0901. The van der Waals surface area contributed by atoms with Crippen LogP contribution in [0.25, 0.3) is 0 Å². The first-order valence-electron chi connectivity index (χ1n) is 12.0. The van der Waals surface area contributed by atoms with E-state index in [4.69, 9.17) is 21.1 Å². The number of benzene rings is 1. The summed E-state index contributed by atoms with van der Waals surface area (Å²) >= 11 is 7.92. The molecule has 10 heteroatoms. The van der Waals surface area contributed by atoms with Crippen LogP contribution in [-0.4, -0.2) is 76.7 Å². The van der Waals surface area contributed by atoms with Gasteiger partial charge in [0.1, 0.15) is 24.2 Å². The third-order valence-electron chi connectivity index (χ3n) is 6.64. The van der Waals surface area contributed by atoms with Gasteiger partial charge < -0.3 is 19.7 Å². The smallest absolute Gasteiger partial charge is 0.410 e. The zero-order valence-corrected chi connectivity index (χ0v) is 21.0. The van der Waals surface area contributed by atoms with Crippen LogP contribution in [0, 0.1) is 0 Å². The molecule has 2 atom stereocenters. The number of hydrogen-bond acceptors (Lipinski definition) is 7. The molecule has 4 heterocycles. The van der Waals surface area contributed by atoms with Crippen LogP contribution >= 0.6 is 23.4 Å². The number of hydrogen-bond donors (Lipinski definition) is 1. The molecule has 0 aliphatic carbocycles. The number of piperidine rings is 1. The first-order chi connectivity index (χ1) is 17.0. The quantitative estimate of drug-likeness (QED) is 0.602. The van der Waals surface area contributed by atoms with Gasteiger partial charge in [0.05, 0.1) is 6.04 Å². The van der Waals surface area contributed by atoms with E-state index in [1.54, 1.807) is 29.3 Å². The number of rotatable bonds is 7. The molecule has 1 aromatic heterocycles. The third kappa shape index (κ3) is 6.02. The Kier molecular flexibility index (Phi) is 7.65. The van der Waals surface area contributed by atoms with Crippen LogP contribution in [0.4, 0.5) is 4.79 Å². The van der Waals surface area contributed by atoms with E-state index in [1.807, 2.05) is 23.9 Å². The molecule has 35 heavy (non-hydrogen) atoms. The van der Waals surface area contributed by atoms with Crippen molar-refractivity contribution < 1.29 is 19.1 Å². The van der Waals surface area contributed by atoms with E-state index in [-0.39, 0.29) is 24.1 Å². The Hall–Kier alpha value is -2.49. The van der Waals surface area contributed by atoms with Crippen molar-refractivity contribution in [2.75, 3.05) is 37.7 Å². The van der Waals surface area contributed by atoms with Gasteiger partial charge in [-0.1, -0.05) is 23.7 Å². The largest absolute Gasteiger partial charge is 0.490 e. The number of fused-ring (bicyclic) bond motifs is 1. The SMILES string of the molecule is O=C(NCc1ccc(Cl)cc1)c1cc(O[C@H]2CCN3C(=O)OC[C@@H]3C2)c(CN2CCSCC2)cn1. The fourth-order valence-corrected chi connectivity index (χ4v) is 5.75. The molecular weight excluding hydrogens is 488 g/mol. The maximum atomic E-state index is 12.9. The van der Waals surface area contributed by atoms with Gasteiger partial charge in [-0.05, 0) is 17.7 Å². The van der Waals surface area contributed by atoms with Gasteiger partial charge in [-0.25, -0.2) is 4.79 Å². The average Bonchev–Trinajstić information content (AvgIpc) is 3.25. The van der Waals surface area contributed by atoms with Gasteiger partial charge in [0.25, 0.3) is 5.91 Å². The predicted molar refractivity (Wildman–Crippen MR) is 135 cm³/mol. The molecule has 1 aromatic carbocycles. The summed E-state index contributed by atoms with van der Waals surface area (Å²) in [4.78, 5) is 33.4. The van der Waals surface area contributed by atoms with Crippen molar-refractivity contribution in [3.05, 3.63) is 58.4 Å². The first kappa shape index (κ1) is 24.2. The normalized spacial score (nSPS) is 22.4. The lowest BCUT2D eigenvalue weighted by Gasteiger charge is -2.33. The van der Waals surface area contributed by atoms with Crippen molar-refractivity contribution in [1.82, 2.24) is 20.1 Å². The van der Waals surface area contributed by atoms with Gasteiger partial charge in [-0.15, -0.1) is 0 Å². The molecule has 1 N–H and O–H groups in total. The monoisotopic (exact) mass is 516 g/mol. The highest BCUT2D eigenvalue weighted by Gasteiger charge is 2.39. The van der Waals surface area contributed by atoms with Crippen molar-refractivity contribution in [3.63, 3.8) is 0 Å². The summed E-state index contributed by atoms with van der Waals surface area (Å²) in [6.07, 6.45) is 2.93. The number of thioether (sulfide) groups is 1. The highest BCUT2D eigenvalue weighted by molar-refractivity contribution is 7.99. The number of ether oxygens (including phenoxy) is 2. The molecule has 0 bridgehead atoms. The number of aromatic nitrogens is 1. The van der Waals surface area contributed by atoms with Crippen molar-refractivity contribution in [2.45, 2.75) is 38.1 Å². The highest BCUT2D eigenvalue weighted by Crippen LogP contribution is 2.30. The van der Waals surface area contributed by atoms with Crippen LogP contribution in [0.1, 0.15) is 34.5 Å². The number of amides is 2. The van der Waals surface area contributed by atoms with Crippen LogP contribution in [0.2, 0.25) is 5.02 Å². The van der Waals surface area contributed by atoms with Crippen LogP contribution in [0.15, 0.2) is 36.5 Å². The zero-order chi connectivity index (χ0) is 24.2. The number of nitrogens with zero attached hydrogens (tertiary/aromatic N) is 3. The van der Waals surface area contributed by atoms with Crippen molar-refractivity contribution in [1.29, 1.82) is 0 Å². The minimum absolute atomic E-state index is 0.0474. The number of nitrogens with one attached hydrogen (secondary N) is 1. The number of pyridine rings is 1. The molecule has 8 nitrogen and oxygen atoms in total. The standard InChI is InChI=1S/C25H29ClN4O4S/c26-19-3-1-17(2-4-19)13-28-24(31)22-12-23(18(14-27-22)15-29-7-9-35-10-8-29)34-21-5-6-30-20(11-21)16-33-25(30)32/h1-4,12,14,20-21H,5-11,13,15-16H2,(H,28,31)/t20-,21-/m0/s1. The van der Waals surface area contributed by atoms with Gasteiger partial charge >= 0.3 is 6.09 Å². The van der Waals surface area contributed by atoms with E-state index in [9.17, 15) is 9.59 Å². The summed E-state index contributed by atoms with van der Waals surface area (Å²) < 4.78 is 11.7. The van der Waals surface area contributed by atoms with Crippen molar-refractivity contribution >= 4 is 35.4 Å². The fraction of sp³-hybridized carbons (Fsp3) is 0.480. The number of cyclic esters (lactones) is 1. The summed E-state index contributed by atoms with van der Waals surface area (Å²) in [6, 6.07) is 9.18. The van der Waals surface area contributed by atoms with E-state index in [0.29, 0.717) is 42.6 Å². The van der Waals surface area contributed by atoms with Gasteiger partial charge in [-0.3, -0.25) is 14.7 Å². The number of carbonyl (C=O) groups excluding carboxylic acids is 2. The molecule has 0 spiro atoms.